The molecule has 2 aromatic carbocycles. The first kappa shape index (κ1) is 18.5. The molecule has 0 radical (unpaired) electrons. The maximum Gasteiger partial charge on any atom is 0.255 e. The highest BCUT2D eigenvalue weighted by molar-refractivity contribution is 5.98. The number of nitrogens with one attached hydrogen (secondary N) is 2. The summed E-state index contributed by atoms with van der Waals surface area (Å²) in [6, 6.07) is 21.4. The number of aromatic nitrogens is 1. The van der Waals surface area contributed by atoms with Crippen LogP contribution in [0.4, 0.5) is 5.82 Å². The van der Waals surface area contributed by atoms with Gasteiger partial charge < -0.3 is 15.4 Å². The Morgan fingerprint density at radius 3 is 2.59 bits per heavy atom. The zero-order valence-electron chi connectivity index (χ0n) is 15.3. The van der Waals surface area contributed by atoms with Crippen molar-refractivity contribution in [2.24, 2.45) is 0 Å². The Morgan fingerprint density at radius 2 is 1.78 bits per heavy atom. The van der Waals surface area contributed by atoms with Crippen LogP contribution in [0.25, 0.3) is 0 Å². The van der Waals surface area contributed by atoms with Crippen LogP contribution < -0.4 is 15.4 Å². The number of hydrogen-bond donors (Lipinski definition) is 2. The van der Waals surface area contributed by atoms with Crippen molar-refractivity contribution in [2.45, 2.75) is 13.0 Å². The van der Waals surface area contributed by atoms with E-state index in [1.54, 1.807) is 25.4 Å². The number of amides is 1. The molecule has 0 aliphatic rings. The summed E-state index contributed by atoms with van der Waals surface area (Å²) in [5.41, 5.74) is 2.72. The molecular weight excluding hydrogens is 338 g/mol. The molecule has 1 aromatic heterocycles. The molecule has 1 amide bonds. The number of rotatable bonds is 8. The van der Waals surface area contributed by atoms with E-state index in [2.05, 4.69) is 27.8 Å². The third-order valence-electron chi connectivity index (χ3n) is 4.23. The molecule has 0 atom stereocenters. The molecule has 0 spiro atoms. The number of methoxy groups -OCH3 is 1. The number of para-hydroxylation sites is 1. The van der Waals surface area contributed by atoms with Crippen molar-refractivity contribution in [3.05, 3.63) is 89.6 Å². The maximum atomic E-state index is 12.6. The van der Waals surface area contributed by atoms with Gasteiger partial charge in [0.05, 0.1) is 12.7 Å². The van der Waals surface area contributed by atoms with E-state index in [-0.39, 0.29) is 5.91 Å². The van der Waals surface area contributed by atoms with Crippen LogP contribution in [0.3, 0.4) is 0 Å². The Morgan fingerprint density at radius 1 is 1.00 bits per heavy atom. The zero-order chi connectivity index (χ0) is 18.9. The second kappa shape index (κ2) is 9.38. The zero-order valence-corrected chi connectivity index (χ0v) is 15.3. The smallest absolute Gasteiger partial charge is 0.255 e. The Bertz CT molecular complexity index is 881. The van der Waals surface area contributed by atoms with Crippen molar-refractivity contribution in [1.29, 1.82) is 0 Å². The standard InChI is InChI=1S/C22H23N3O2/c1-27-20-12-6-5-10-18(20)16-25-21-19(11-7-14-23-21)22(26)24-15-13-17-8-3-2-4-9-17/h2-12,14H,13,15-16H2,1H3,(H,23,25)(H,24,26). The van der Waals surface area contributed by atoms with E-state index in [1.807, 2.05) is 42.5 Å². The lowest BCUT2D eigenvalue weighted by Crippen LogP contribution is -2.26. The van der Waals surface area contributed by atoms with E-state index in [0.717, 1.165) is 17.7 Å². The van der Waals surface area contributed by atoms with Gasteiger partial charge in [-0.15, -0.1) is 0 Å². The molecule has 5 heteroatoms. The number of carbonyl (C=O) groups is 1. The van der Waals surface area contributed by atoms with Gasteiger partial charge in [-0.25, -0.2) is 4.98 Å². The number of ether oxygens (including phenoxy) is 1. The summed E-state index contributed by atoms with van der Waals surface area (Å²) >= 11 is 0. The fourth-order valence-electron chi connectivity index (χ4n) is 2.82. The number of anilines is 1. The second-order valence-corrected chi connectivity index (χ2v) is 6.06. The van der Waals surface area contributed by atoms with Gasteiger partial charge >= 0.3 is 0 Å². The van der Waals surface area contributed by atoms with Crippen LogP contribution in [0.1, 0.15) is 21.5 Å². The minimum absolute atomic E-state index is 0.137. The highest BCUT2D eigenvalue weighted by Crippen LogP contribution is 2.19. The van der Waals surface area contributed by atoms with Gasteiger partial charge in [0, 0.05) is 24.8 Å². The monoisotopic (exact) mass is 361 g/mol. The van der Waals surface area contributed by atoms with Crippen molar-refractivity contribution in [1.82, 2.24) is 10.3 Å². The highest BCUT2D eigenvalue weighted by Gasteiger charge is 2.12. The molecule has 3 rings (SSSR count). The van der Waals surface area contributed by atoms with Crippen molar-refractivity contribution in [3.63, 3.8) is 0 Å². The summed E-state index contributed by atoms with van der Waals surface area (Å²) in [5.74, 6) is 1.22. The van der Waals surface area contributed by atoms with Gasteiger partial charge in [0.25, 0.3) is 5.91 Å². The Kier molecular flexibility index (Phi) is 6.41. The van der Waals surface area contributed by atoms with Crippen LogP contribution >= 0.6 is 0 Å². The molecule has 27 heavy (non-hydrogen) atoms. The molecule has 0 aliphatic carbocycles. The number of nitrogens with zero attached hydrogens (tertiary/aromatic N) is 1. The van der Waals surface area contributed by atoms with Crippen molar-refractivity contribution in [3.8, 4) is 5.75 Å². The molecule has 0 bridgehead atoms. The van der Waals surface area contributed by atoms with Crippen LogP contribution in [-0.4, -0.2) is 24.5 Å². The van der Waals surface area contributed by atoms with E-state index < -0.39 is 0 Å². The summed E-state index contributed by atoms with van der Waals surface area (Å²) in [6.45, 7) is 1.09. The van der Waals surface area contributed by atoms with Gasteiger partial charge in [-0.05, 0) is 30.2 Å². The maximum absolute atomic E-state index is 12.6. The molecule has 1 heterocycles. The Hall–Kier alpha value is -3.34. The normalized spacial score (nSPS) is 10.3. The predicted molar refractivity (Wildman–Crippen MR) is 107 cm³/mol. The fraction of sp³-hybridized carbons (Fsp3) is 0.182. The van der Waals surface area contributed by atoms with Crippen LogP contribution in [0.2, 0.25) is 0 Å². The minimum Gasteiger partial charge on any atom is -0.496 e. The van der Waals surface area contributed by atoms with Crippen LogP contribution in [0, 0.1) is 0 Å². The Balaban J connectivity index is 1.62. The average Bonchev–Trinajstić information content (AvgIpc) is 2.73. The van der Waals surface area contributed by atoms with E-state index in [9.17, 15) is 4.79 Å². The molecule has 0 saturated carbocycles. The van der Waals surface area contributed by atoms with E-state index in [1.165, 1.54) is 5.56 Å². The SMILES string of the molecule is COc1ccccc1CNc1ncccc1C(=O)NCCc1ccccc1. The fourth-order valence-corrected chi connectivity index (χ4v) is 2.82. The lowest BCUT2D eigenvalue weighted by Gasteiger charge is -2.13. The van der Waals surface area contributed by atoms with E-state index >= 15 is 0 Å². The summed E-state index contributed by atoms with van der Waals surface area (Å²) in [5, 5.41) is 6.21. The van der Waals surface area contributed by atoms with Gasteiger partial charge in [-0.2, -0.15) is 0 Å². The van der Waals surface area contributed by atoms with Crippen LogP contribution in [-0.2, 0) is 13.0 Å². The minimum atomic E-state index is -0.137. The molecule has 138 valence electrons. The first-order valence-corrected chi connectivity index (χ1v) is 8.91. The molecule has 0 saturated heterocycles. The van der Waals surface area contributed by atoms with Gasteiger partial charge in [-0.3, -0.25) is 4.79 Å². The number of benzene rings is 2. The van der Waals surface area contributed by atoms with Crippen molar-refractivity contribution >= 4 is 11.7 Å². The van der Waals surface area contributed by atoms with E-state index in [0.29, 0.717) is 24.5 Å². The van der Waals surface area contributed by atoms with Gasteiger partial charge in [0.1, 0.15) is 11.6 Å². The number of carbonyl (C=O) groups excluding carboxylic acids is 1. The summed E-state index contributed by atoms with van der Waals surface area (Å²) in [6.07, 6.45) is 2.46. The summed E-state index contributed by atoms with van der Waals surface area (Å²) < 4.78 is 5.37. The number of pyridine rings is 1. The first-order chi connectivity index (χ1) is 13.3. The van der Waals surface area contributed by atoms with Crippen molar-refractivity contribution in [2.75, 3.05) is 19.0 Å². The summed E-state index contributed by atoms with van der Waals surface area (Å²) in [4.78, 5) is 16.9. The van der Waals surface area contributed by atoms with Gasteiger partial charge in [0.2, 0.25) is 0 Å². The second-order valence-electron chi connectivity index (χ2n) is 6.06. The third-order valence-corrected chi connectivity index (χ3v) is 4.23. The predicted octanol–water partition coefficient (Wildman–Crippen LogP) is 3.67. The molecule has 2 N–H and O–H groups in total. The lowest BCUT2D eigenvalue weighted by atomic mass is 10.1. The highest BCUT2D eigenvalue weighted by atomic mass is 16.5. The average molecular weight is 361 g/mol. The first-order valence-electron chi connectivity index (χ1n) is 8.91. The quantitative estimate of drug-likeness (QED) is 0.642. The lowest BCUT2D eigenvalue weighted by molar-refractivity contribution is 0.0954. The van der Waals surface area contributed by atoms with Gasteiger partial charge in [0.15, 0.2) is 0 Å². The molecule has 0 aliphatic heterocycles. The Labute approximate surface area is 159 Å². The molecule has 5 nitrogen and oxygen atoms in total. The van der Waals surface area contributed by atoms with E-state index in [4.69, 9.17) is 4.74 Å². The van der Waals surface area contributed by atoms with Crippen molar-refractivity contribution < 1.29 is 9.53 Å². The summed E-state index contributed by atoms with van der Waals surface area (Å²) in [7, 11) is 1.64. The molecule has 3 aromatic rings. The molecular formula is C22H23N3O2. The number of hydrogen-bond acceptors (Lipinski definition) is 4. The molecule has 0 unspecified atom stereocenters. The van der Waals surface area contributed by atoms with Crippen LogP contribution in [0.5, 0.6) is 5.75 Å². The topological polar surface area (TPSA) is 63.2 Å². The molecule has 0 fully saturated rings. The third kappa shape index (κ3) is 5.07. The van der Waals surface area contributed by atoms with Gasteiger partial charge in [-0.1, -0.05) is 48.5 Å². The largest absolute Gasteiger partial charge is 0.496 e. The van der Waals surface area contributed by atoms with Crippen LogP contribution in [0.15, 0.2) is 72.9 Å².